The normalized spacial score (nSPS) is 20.8. The largest absolute Gasteiger partial charge is 0.393 e. The van der Waals surface area contributed by atoms with E-state index in [4.69, 9.17) is 0 Å². The van der Waals surface area contributed by atoms with Crippen LogP contribution in [0.15, 0.2) is 12.1 Å². The Hall–Kier alpha value is -1.42. The van der Waals surface area contributed by atoms with E-state index in [1.54, 1.807) is 0 Å². The predicted octanol–water partition coefficient (Wildman–Crippen LogP) is 1.17. The molecule has 90 valence electrons. The molecule has 4 heteroatoms. The summed E-state index contributed by atoms with van der Waals surface area (Å²) in [6.45, 7) is 1.70. The minimum atomic E-state index is -0.165. The number of hydrogen-bond donors (Lipinski definition) is 1. The molecule has 17 heavy (non-hydrogen) atoms. The maximum absolute atomic E-state index is 11.5. The summed E-state index contributed by atoms with van der Waals surface area (Å²) in [6.07, 6.45) is 2.82. The number of carbonyl (C=O) groups is 1. The fourth-order valence-corrected chi connectivity index (χ4v) is 2.57. The first-order chi connectivity index (χ1) is 8.24. The minimum absolute atomic E-state index is 0.165. The van der Waals surface area contributed by atoms with E-state index >= 15 is 0 Å². The van der Waals surface area contributed by atoms with Crippen molar-refractivity contribution in [3.8, 4) is 0 Å². The van der Waals surface area contributed by atoms with Gasteiger partial charge in [-0.15, -0.1) is 0 Å². The van der Waals surface area contributed by atoms with Gasteiger partial charge in [-0.2, -0.15) is 0 Å². The molecule has 1 aliphatic heterocycles. The summed E-state index contributed by atoms with van der Waals surface area (Å²) in [7, 11) is 0. The van der Waals surface area contributed by atoms with Gasteiger partial charge < -0.3 is 10.0 Å². The molecule has 0 radical (unpaired) electrons. The van der Waals surface area contributed by atoms with Crippen LogP contribution in [0.5, 0.6) is 0 Å². The van der Waals surface area contributed by atoms with E-state index in [9.17, 15) is 9.90 Å². The molecule has 3 rings (SSSR count). The minimum Gasteiger partial charge on any atom is -0.393 e. The van der Waals surface area contributed by atoms with Crippen molar-refractivity contribution < 1.29 is 9.90 Å². The molecular weight excluding hydrogens is 216 g/mol. The summed E-state index contributed by atoms with van der Waals surface area (Å²) in [6, 6.07) is 3.83. The fourth-order valence-electron chi connectivity index (χ4n) is 2.57. The van der Waals surface area contributed by atoms with Crippen molar-refractivity contribution in [2.75, 3.05) is 18.0 Å². The predicted molar refractivity (Wildman–Crippen MR) is 64.3 cm³/mol. The lowest BCUT2D eigenvalue weighted by Gasteiger charge is -2.30. The molecule has 0 saturated carbocycles. The highest BCUT2D eigenvalue weighted by Gasteiger charge is 2.23. The van der Waals surface area contributed by atoms with Gasteiger partial charge in [0.15, 0.2) is 5.78 Å². The summed E-state index contributed by atoms with van der Waals surface area (Å²) in [5.41, 5.74) is 1.74. The molecule has 1 N–H and O–H groups in total. The Balaban J connectivity index is 1.83. The second kappa shape index (κ2) is 4.11. The van der Waals surface area contributed by atoms with Crippen molar-refractivity contribution in [3.63, 3.8) is 0 Å². The molecule has 2 heterocycles. The number of fused-ring (bicyclic) bond motifs is 1. The number of rotatable bonds is 1. The van der Waals surface area contributed by atoms with Crippen LogP contribution in [-0.4, -0.2) is 35.1 Å². The van der Waals surface area contributed by atoms with Crippen LogP contribution >= 0.6 is 0 Å². The average molecular weight is 232 g/mol. The van der Waals surface area contributed by atoms with E-state index in [0.29, 0.717) is 6.42 Å². The first-order valence-electron chi connectivity index (χ1n) is 6.20. The third-order valence-electron chi connectivity index (χ3n) is 3.64. The maximum Gasteiger partial charge on any atom is 0.165 e. The standard InChI is InChI=1S/C13H16N2O2/c16-9-5-7-15(8-6-9)13-4-1-10-11(14-13)2-3-12(10)17/h1,4,9,16H,2-3,5-8H2. The Morgan fingerprint density at radius 3 is 2.76 bits per heavy atom. The Morgan fingerprint density at radius 1 is 1.24 bits per heavy atom. The van der Waals surface area contributed by atoms with Gasteiger partial charge in [0.05, 0.1) is 11.8 Å². The van der Waals surface area contributed by atoms with Crippen molar-refractivity contribution in [2.45, 2.75) is 31.8 Å². The summed E-state index contributed by atoms with van der Waals surface area (Å²) in [4.78, 5) is 18.3. The fraction of sp³-hybridized carbons (Fsp3) is 0.538. The Bertz CT molecular complexity index is 451. The Labute approximate surface area is 100 Å². The molecule has 0 amide bonds. The van der Waals surface area contributed by atoms with Gasteiger partial charge >= 0.3 is 0 Å². The van der Waals surface area contributed by atoms with E-state index < -0.39 is 0 Å². The average Bonchev–Trinajstić information content (AvgIpc) is 2.72. The third kappa shape index (κ3) is 1.93. The SMILES string of the molecule is O=C1CCc2nc(N3CCC(O)CC3)ccc21. The highest BCUT2D eigenvalue weighted by molar-refractivity contribution is 6.00. The lowest BCUT2D eigenvalue weighted by Crippen LogP contribution is -2.36. The topological polar surface area (TPSA) is 53.4 Å². The molecule has 2 aliphatic rings. The quantitative estimate of drug-likeness (QED) is 0.789. The van der Waals surface area contributed by atoms with Gasteiger partial charge in [0.25, 0.3) is 0 Å². The van der Waals surface area contributed by atoms with Crippen molar-refractivity contribution in [3.05, 3.63) is 23.4 Å². The van der Waals surface area contributed by atoms with Crippen LogP contribution in [0.4, 0.5) is 5.82 Å². The molecule has 0 aromatic carbocycles. The number of piperidine rings is 1. The third-order valence-corrected chi connectivity index (χ3v) is 3.64. The van der Waals surface area contributed by atoms with E-state index in [0.717, 1.165) is 49.4 Å². The highest BCUT2D eigenvalue weighted by Crippen LogP contribution is 2.25. The zero-order chi connectivity index (χ0) is 11.8. The summed E-state index contributed by atoms with van der Waals surface area (Å²) in [5.74, 6) is 1.17. The molecule has 0 unspecified atom stereocenters. The first kappa shape index (κ1) is 10.7. The van der Waals surface area contributed by atoms with E-state index in [-0.39, 0.29) is 11.9 Å². The number of ketones is 1. The van der Waals surface area contributed by atoms with Crippen LogP contribution in [0.1, 0.15) is 35.3 Å². The first-order valence-corrected chi connectivity index (χ1v) is 6.20. The molecule has 0 atom stereocenters. The molecule has 0 bridgehead atoms. The monoisotopic (exact) mass is 232 g/mol. The number of pyridine rings is 1. The summed E-state index contributed by atoms with van der Waals surface area (Å²) >= 11 is 0. The van der Waals surface area contributed by atoms with Gasteiger partial charge in [-0.3, -0.25) is 4.79 Å². The van der Waals surface area contributed by atoms with Crippen molar-refractivity contribution >= 4 is 11.6 Å². The second-order valence-corrected chi connectivity index (χ2v) is 4.81. The number of aromatic nitrogens is 1. The van der Waals surface area contributed by atoms with Crippen LogP contribution in [0.25, 0.3) is 0 Å². The highest BCUT2D eigenvalue weighted by atomic mass is 16.3. The molecule has 1 fully saturated rings. The lowest BCUT2D eigenvalue weighted by atomic mass is 10.1. The van der Waals surface area contributed by atoms with E-state index in [2.05, 4.69) is 9.88 Å². The number of Topliss-reactive ketones (excluding diaryl/α,β-unsaturated/α-hetero) is 1. The van der Waals surface area contributed by atoms with Gasteiger partial charge in [0, 0.05) is 25.1 Å². The summed E-state index contributed by atoms with van der Waals surface area (Å²) in [5, 5.41) is 9.47. The molecule has 1 aromatic rings. The van der Waals surface area contributed by atoms with Crippen LogP contribution in [0, 0.1) is 0 Å². The van der Waals surface area contributed by atoms with Gasteiger partial charge in [-0.1, -0.05) is 0 Å². The molecule has 1 aliphatic carbocycles. The number of carbonyl (C=O) groups excluding carboxylic acids is 1. The molecule has 1 saturated heterocycles. The van der Waals surface area contributed by atoms with Crippen LogP contribution in [0.2, 0.25) is 0 Å². The van der Waals surface area contributed by atoms with Crippen LogP contribution in [-0.2, 0) is 6.42 Å². The van der Waals surface area contributed by atoms with E-state index in [1.807, 2.05) is 12.1 Å². The number of nitrogens with zero attached hydrogens (tertiary/aromatic N) is 2. The number of aryl methyl sites for hydroxylation is 1. The number of aliphatic hydroxyl groups excluding tert-OH is 1. The van der Waals surface area contributed by atoms with E-state index in [1.165, 1.54) is 0 Å². The van der Waals surface area contributed by atoms with Gasteiger partial charge in [-0.05, 0) is 31.4 Å². The number of anilines is 1. The number of hydrogen-bond acceptors (Lipinski definition) is 4. The zero-order valence-corrected chi connectivity index (χ0v) is 9.72. The Morgan fingerprint density at radius 2 is 2.00 bits per heavy atom. The van der Waals surface area contributed by atoms with Crippen molar-refractivity contribution in [1.82, 2.24) is 4.98 Å². The van der Waals surface area contributed by atoms with Crippen LogP contribution in [0.3, 0.4) is 0 Å². The van der Waals surface area contributed by atoms with Gasteiger partial charge in [-0.25, -0.2) is 4.98 Å². The van der Waals surface area contributed by atoms with Crippen LogP contribution < -0.4 is 4.90 Å². The smallest absolute Gasteiger partial charge is 0.165 e. The van der Waals surface area contributed by atoms with Gasteiger partial charge in [0.1, 0.15) is 5.82 Å². The Kier molecular flexibility index (Phi) is 2.59. The summed E-state index contributed by atoms with van der Waals surface area (Å²) < 4.78 is 0. The second-order valence-electron chi connectivity index (χ2n) is 4.81. The van der Waals surface area contributed by atoms with Gasteiger partial charge in [0.2, 0.25) is 0 Å². The number of aliphatic hydroxyl groups is 1. The molecular formula is C13H16N2O2. The van der Waals surface area contributed by atoms with Crippen molar-refractivity contribution in [2.24, 2.45) is 0 Å². The lowest BCUT2D eigenvalue weighted by molar-refractivity contribution is 0.0994. The van der Waals surface area contributed by atoms with Crippen molar-refractivity contribution in [1.29, 1.82) is 0 Å². The molecule has 0 spiro atoms. The zero-order valence-electron chi connectivity index (χ0n) is 9.72. The molecule has 4 nitrogen and oxygen atoms in total. The molecule has 1 aromatic heterocycles. The maximum atomic E-state index is 11.5.